The van der Waals surface area contributed by atoms with Gasteiger partial charge in [-0.2, -0.15) is 0 Å². The Bertz CT molecular complexity index is 254. The van der Waals surface area contributed by atoms with Crippen LogP contribution in [0.15, 0.2) is 0 Å². The van der Waals surface area contributed by atoms with Gasteiger partial charge in [0.25, 0.3) is 0 Å². The SMILES string of the molecule is C[C@H](O)[C@@H]1CC[C@]1(C)[C@H]1COC(=S)O1. The van der Waals surface area contributed by atoms with Crippen molar-refractivity contribution in [3.63, 3.8) is 0 Å². The minimum atomic E-state index is -0.272. The molecule has 1 N–H and O–H groups in total. The minimum Gasteiger partial charge on any atom is -0.453 e. The third-order valence-electron chi connectivity index (χ3n) is 3.75. The Balaban J connectivity index is 2.05. The van der Waals surface area contributed by atoms with E-state index in [-0.39, 0.29) is 22.9 Å². The molecule has 80 valence electrons. The fourth-order valence-corrected chi connectivity index (χ4v) is 2.80. The largest absolute Gasteiger partial charge is 0.453 e. The van der Waals surface area contributed by atoms with Gasteiger partial charge in [0.15, 0.2) is 0 Å². The van der Waals surface area contributed by atoms with Gasteiger partial charge in [-0.3, -0.25) is 0 Å². The van der Waals surface area contributed by atoms with Crippen molar-refractivity contribution in [1.29, 1.82) is 0 Å². The Hall–Kier alpha value is -0.350. The molecule has 4 atom stereocenters. The predicted molar refractivity (Wildman–Crippen MR) is 55.9 cm³/mol. The standard InChI is InChI=1S/C10H16O3S/c1-6(11)7-3-4-10(7,2)8-5-12-9(14)13-8/h6-8,11H,3-5H2,1-2H3/t6-,7-,8+,10-/m0/s1. The van der Waals surface area contributed by atoms with Crippen molar-refractivity contribution in [3.8, 4) is 0 Å². The Kier molecular flexibility index (Phi) is 2.43. The molecule has 4 heteroatoms. The third kappa shape index (κ3) is 1.41. The summed E-state index contributed by atoms with van der Waals surface area (Å²) >= 11 is 4.83. The molecule has 2 rings (SSSR count). The Morgan fingerprint density at radius 2 is 2.36 bits per heavy atom. The molecule has 3 nitrogen and oxygen atoms in total. The van der Waals surface area contributed by atoms with E-state index in [1.807, 2.05) is 6.92 Å². The van der Waals surface area contributed by atoms with Crippen LogP contribution in [-0.4, -0.2) is 29.2 Å². The van der Waals surface area contributed by atoms with Gasteiger partial charge in [-0.05, 0) is 25.7 Å². The lowest BCUT2D eigenvalue weighted by atomic mass is 9.56. The molecule has 14 heavy (non-hydrogen) atoms. The summed E-state index contributed by atoms with van der Waals surface area (Å²) in [5.41, 5.74) is 0.0364. The molecule has 1 heterocycles. The van der Waals surface area contributed by atoms with Gasteiger partial charge in [0.05, 0.1) is 6.10 Å². The van der Waals surface area contributed by atoms with Gasteiger partial charge in [0.1, 0.15) is 12.7 Å². The molecule has 0 radical (unpaired) electrons. The number of ether oxygens (including phenoxy) is 2. The van der Waals surface area contributed by atoms with Crippen molar-refractivity contribution in [1.82, 2.24) is 0 Å². The van der Waals surface area contributed by atoms with E-state index in [2.05, 4.69) is 6.92 Å². The van der Waals surface area contributed by atoms with Gasteiger partial charge in [-0.15, -0.1) is 0 Å². The van der Waals surface area contributed by atoms with Gasteiger partial charge in [-0.25, -0.2) is 0 Å². The van der Waals surface area contributed by atoms with E-state index in [1.54, 1.807) is 0 Å². The number of thiocarbonyl (C=S) groups is 1. The smallest absolute Gasteiger partial charge is 0.352 e. The van der Waals surface area contributed by atoms with Gasteiger partial charge < -0.3 is 14.6 Å². The fourth-order valence-electron chi connectivity index (χ4n) is 2.61. The highest BCUT2D eigenvalue weighted by Crippen LogP contribution is 2.52. The highest BCUT2D eigenvalue weighted by Gasteiger charge is 2.53. The molecule has 0 unspecified atom stereocenters. The summed E-state index contributed by atoms with van der Waals surface area (Å²) in [5, 5.41) is 9.86. The maximum Gasteiger partial charge on any atom is 0.352 e. The molecule has 1 saturated carbocycles. The zero-order valence-electron chi connectivity index (χ0n) is 8.53. The summed E-state index contributed by atoms with van der Waals surface area (Å²) in [4.78, 5) is 0. The lowest BCUT2D eigenvalue weighted by Gasteiger charge is -2.50. The van der Waals surface area contributed by atoms with Crippen LogP contribution in [-0.2, 0) is 9.47 Å². The minimum absolute atomic E-state index is 0.0309. The summed E-state index contributed by atoms with van der Waals surface area (Å²) < 4.78 is 10.6. The van der Waals surface area contributed by atoms with E-state index in [4.69, 9.17) is 21.7 Å². The molecule has 2 aliphatic rings. The first kappa shape index (κ1) is 10.2. The van der Waals surface area contributed by atoms with Gasteiger partial charge in [-0.1, -0.05) is 6.92 Å². The van der Waals surface area contributed by atoms with Crippen LogP contribution in [0.4, 0.5) is 0 Å². The van der Waals surface area contributed by atoms with E-state index < -0.39 is 0 Å². The summed E-state index contributed by atoms with van der Waals surface area (Å²) in [7, 11) is 0. The monoisotopic (exact) mass is 216 g/mol. The van der Waals surface area contributed by atoms with Crippen LogP contribution >= 0.6 is 12.2 Å². The number of aliphatic hydroxyl groups excluding tert-OH is 1. The van der Waals surface area contributed by atoms with Crippen LogP contribution in [0.3, 0.4) is 0 Å². The predicted octanol–water partition coefficient (Wildman–Crippen LogP) is 1.48. The quantitative estimate of drug-likeness (QED) is 0.710. The van der Waals surface area contributed by atoms with Crippen molar-refractivity contribution in [3.05, 3.63) is 0 Å². The summed E-state index contributed by atoms with van der Waals surface area (Å²) in [5.74, 6) is 0.317. The first-order valence-corrected chi connectivity index (χ1v) is 5.46. The van der Waals surface area contributed by atoms with E-state index >= 15 is 0 Å². The van der Waals surface area contributed by atoms with Crippen LogP contribution in [0.5, 0.6) is 0 Å². The average molecular weight is 216 g/mol. The summed E-state index contributed by atoms with van der Waals surface area (Å²) in [6.07, 6.45) is 1.91. The van der Waals surface area contributed by atoms with Crippen LogP contribution in [0.2, 0.25) is 0 Å². The van der Waals surface area contributed by atoms with Gasteiger partial charge in [0, 0.05) is 17.6 Å². The van der Waals surface area contributed by atoms with Crippen LogP contribution in [0.1, 0.15) is 26.7 Å². The molecular formula is C10H16O3S. The number of rotatable bonds is 2. The Labute approximate surface area is 89.4 Å². The lowest BCUT2D eigenvalue weighted by molar-refractivity contribution is -0.103. The second-order valence-corrected chi connectivity index (χ2v) is 4.89. The second-order valence-electron chi connectivity index (χ2n) is 4.56. The van der Waals surface area contributed by atoms with E-state index in [9.17, 15) is 5.11 Å². The first-order valence-electron chi connectivity index (χ1n) is 5.05. The molecular weight excluding hydrogens is 200 g/mol. The molecule has 0 aromatic carbocycles. The molecule has 0 bridgehead atoms. The Morgan fingerprint density at radius 1 is 1.64 bits per heavy atom. The molecule has 0 aromatic heterocycles. The summed E-state index contributed by atoms with van der Waals surface area (Å²) in [6.45, 7) is 4.53. The van der Waals surface area contributed by atoms with E-state index in [0.717, 1.165) is 12.8 Å². The highest BCUT2D eigenvalue weighted by atomic mass is 32.1. The van der Waals surface area contributed by atoms with Gasteiger partial charge in [0.2, 0.25) is 0 Å². The van der Waals surface area contributed by atoms with Crippen LogP contribution < -0.4 is 0 Å². The van der Waals surface area contributed by atoms with Crippen molar-refractivity contribution in [2.75, 3.05) is 6.61 Å². The second kappa shape index (κ2) is 3.35. The highest BCUT2D eigenvalue weighted by molar-refractivity contribution is 7.79. The van der Waals surface area contributed by atoms with E-state index in [0.29, 0.717) is 12.5 Å². The number of hydrogen-bond donors (Lipinski definition) is 1. The number of hydrogen-bond acceptors (Lipinski definition) is 4. The van der Waals surface area contributed by atoms with E-state index in [1.165, 1.54) is 0 Å². The van der Waals surface area contributed by atoms with Gasteiger partial charge >= 0.3 is 5.24 Å². The molecule has 1 aliphatic heterocycles. The molecule has 2 fully saturated rings. The zero-order valence-corrected chi connectivity index (χ0v) is 9.34. The number of aliphatic hydroxyl groups is 1. The molecule has 1 saturated heterocycles. The normalized spacial score (nSPS) is 43.8. The molecule has 0 aromatic rings. The lowest BCUT2D eigenvalue weighted by Crippen LogP contribution is -2.52. The van der Waals surface area contributed by atoms with Crippen LogP contribution in [0, 0.1) is 11.3 Å². The average Bonchev–Trinajstić information content (AvgIpc) is 2.47. The van der Waals surface area contributed by atoms with Crippen molar-refractivity contribution in [2.45, 2.75) is 38.9 Å². The Morgan fingerprint density at radius 3 is 2.71 bits per heavy atom. The fraction of sp³-hybridized carbons (Fsp3) is 0.900. The van der Waals surface area contributed by atoms with Crippen molar-refractivity contribution < 1.29 is 14.6 Å². The third-order valence-corrected chi connectivity index (χ3v) is 3.96. The zero-order chi connectivity index (χ0) is 10.3. The van der Waals surface area contributed by atoms with Crippen molar-refractivity contribution in [2.24, 2.45) is 11.3 Å². The summed E-state index contributed by atoms with van der Waals surface area (Å²) in [6, 6.07) is 0. The molecule has 1 aliphatic carbocycles. The van der Waals surface area contributed by atoms with Crippen LogP contribution in [0.25, 0.3) is 0 Å². The topological polar surface area (TPSA) is 38.7 Å². The maximum atomic E-state index is 9.60. The molecule has 0 amide bonds. The van der Waals surface area contributed by atoms with Crippen molar-refractivity contribution >= 4 is 17.5 Å². The maximum absolute atomic E-state index is 9.60. The first-order chi connectivity index (χ1) is 6.54. The molecule has 0 spiro atoms.